The molecule has 15 heteroatoms. The summed E-state index contributed by atoms with van der Waals surface area (Å²) in [6.45, 7) is 3.84. The number of aromatic amines is 1. The van der Waals surface area contributed by atoms with E-state index in [4.69, 9.17) is 5.73 Å². The first-order chi connectivity index (χ1) is 22.9. The molecule has 4 heterocycles. The lowest BCUT2D eigenvalue weighted by atomic mass is 9.99. The van der Waals surface area contributed by atoms with Crippen LogP contribution in [0.2, 0.25) is 0 Å². The summed E-state index contributed by atoms with van der Waals surface area (Å²) in [6, 6.07) is 9.23. The molecule has 4 aromatic rings. The van der Waals surface area contributed by atoms with Crippen LogP contribution in [0.3, 0.4) is 0 Å². The lowest BCUT2D eigenvalue weighted by molar-refractivity contribution is -0.137. The van der Waals surface area contributed by atoms with E-state index in [2.05, 4.69) is 47.1 Å². The molecule has 254 valence electrons. The van der Waals surface area contributed by atoms with Gasteiger partial charge < -0.3 is 30.4 Å². The molecule has 13 nitrogen and oxygen atoms in total. The van der Waals surface area contributed by atoms with E-state index in [0.717, 1.165) is 37.1 Å². The maximum absolute atomic E-state index is 14.0. The Morgan fingerprint density at radius 3 is 2.29 bits per heavy atom. The number of hydrogen-bond donors (Lipinski definition) is 3. The van der Waals surface area contributed by atoms with Crippen LogP contribution in [0.25, 0.3) is 21.9 Å². The second-order valence-corrected chi connectivity index (χ2v) is 14.4. The van der Waals surface area contributed by atoms with E-state index in [9.17, 15) is 24.0 Å². The molecule has 2 aromatic heterocycles. The predicted octanol–water partition coefficient (Wildman–Crippen LogP) is 2.46. The van der Waals surface area contributed by atoms with Gasteiger partial charge in [0.25, 0.3) is 5.56 Å². The minimum atomic E-state index is -1.08. The van der Waals surface area contributed by atoms with Crippen molar-refractivity contribution in [1.82, 2.24) is 34.1 Å². The minimum Gasteiger partial charge on any atom is -0.397 e. The van der Waals surface area contributed by atoms with Gasteiger partial charge in [-0.05, 0) is 69.9 Å². The number of aryl methyl sites for hydroxylation is 1. The zero-order valence-electron chi connectivity index (χ0n) is 26.8. The van der Waals surface area contributed by atoms with Gasteiger partial charge in [-0.2, -0.15) is 0 Å². The molecular formula is C33H38Br2N8O5. The zero-order valence-corrected chi connectivity index (χ0v) is 30.0. The number of nitrogens with zero attached hydrogens (tertiary/aromatic N) is 5. The van der Waals surface area contributed by atoms with Crippen molar-refractivity contribution in [3.05, 3.63) is 71.7 Å². The van der Waals surface area contributed by atoms with E-state index in [1.165, 1.54) is 4.57 Å². The quantitative estimate of drug-likeness (QED) is 0.182. The van der Waals surface area contributed by atoms with Gasteiger partial charge in [0.1, 0.15) is 11.6 Å². The Morgan fingerprint density at radius 2 is 1.62 bits per heavy atom. The number of fused-ring (bicyclic) bond motifs is 3. The van der Waals surface area contributed by atoms with E-state index in [1.807, 2.05) is 36.2 Å². The van der Waals surface area contributed by atoms with Crippen LogP contribution in [0.5, 0.6) is 0 Å². The summed E-state index contributed by atoms with van der Waals surface area (Å²) in [4.78, 5) is 76.2. The number of piperidine rings is 1. The predicted molar refractivity (Wildman–Crippen MR) is 191 cm³/mol. The van der Waals surface area contributed by atoms with Crippen LogP contribution in [-0.4, -0.2) is 105 Å². The van der Waals surface area contributed by atoms with Gasteiger partial charge in [0, 0.05) is 78.7 Å². The molecule has 2 fully saturated rings. The highest BCUT2D eigenvalue weighted by Crippen LogP contribution is 2.31. The number of aromatic nitrogens is 3. The third-order valence-electron chi connectivity index (χ3n) is 9.50. The Hall–Kier alpha value is -3.79. The number of likely N-dealkylation sites (tertiary alicyclic amines) is 1. The summed E-state index contributed by atoms with van der Waals surface area (Å²) < 4.78 is 4.16. The van der Waals surface area contributed by atoms with Gasteiger partial charge in [0.15, 0.2) is 5.78 Å². The number of carbonyl (C=O) groups excluding carboxylic acids is 3. The molecule has 1 atom stereocenters. The van der Waals surface area contributed by atoms with Crippen LogP contribution in [-0.2, 0) is 16.6 Å². The van der Waals surface area contributed by atoms with E-state index in [-0.39, 0.29) is 60.9 Å². The standard InChI is InChI=1S/C33H38Br2N8O5/c1-39-11-13-41(14-12-39)18-27(45)37-24(17-26(44)19-15-22(34)28(36)23(35)16-19)31(46)42-9-7-20(8-10-42)43-30-29(38-33(43)48)21-5-3-4-6-25(21)40(2)32(30)47/h3-6,15-16,20,24H,7-14,17-18,36H2,1-2H3,(H,37,45)(H,38,48). The molecule has 4 N–H and O–H groups in total. The molecule has 0 spiro atoms. The van der Waals surface area contributed by atoms with Crippen molar-refractivity contribution in [2.45, 2.75) is 31.3 Å². The number of likely N-dealkylation sites (N-methyl/N-ethyl adjacent to an activating group) is 1. The highest BCUT2D eigenvalue weighted by molar-refractivity contribution is 9.11. The summed E-state index contributed by atoms with van der Waals surface area (Å²) in [6.07, 6.45) is 0.603. The van der Waals surface area contributed by atoms with Gasteiger partial charge in [-0.3, -0.25) is 28.6 Å². The molecule has 2 aromatic carbocycles. The number of benzene rings is 2. The maximum Gasteiger partial charge on any atom is 0.326 e. The number of piperazine rings is 1. The van der Waals surface area contributed by atoms with E-state index in [0.29, 0.717) is 44.1 Å². The number of hydrogen-bond acceptors (Lipinski definition) is 8. The molecule has 48 heavy (non-hydrogen) atoms. The summed E-state index contributed by atoms with van der Waals surface area (Å²) in [7, 11) is 3.72. The number of para-hydroxylation sites is 1. The monoisotopic (exact) mass is 784 g/mol. The fourth-order valence-electron chi connectivity index (χ4n) is 6.71. The molecule has 2 aliphatic heterocycles. The highest BCUT2D eigenvalue weighted by atomic mass is 79.9. The van der Waals surface area contributed by atoms with Gasteiger partial charge >= 0.3 is 5.69 Å². The van der Waals surface area contributed by atoms with E-state index < -0.39 is 6.04 Å². The van der Waals surface area contributed by atoms with Crippen molar-refractivity contribution in [3.63, 3.8) is 0 Å². The van der Waals surface area contributed by atoms with Crippen LogP contribution >= 0.6 is 31.9 Å². The topological polar surface area (TPSA) is 159 Å². The lowest BCUT2D eigenvalue weighted by Gasteiger charge is -2.35. The molecular weight excluding hydrogens is 748 g/mol. The van der Waals surface area contributed by atoms with E-state index in [1.54, 1.807) is 28.6 Å². The zero-order chi connectivity index (χ0) is 34.3. The number of imidazole rings is 1. The van der Waals surface area contributed by atoms with Gasteiger partial charge in [-0.25, -0.2) is 4.79 Å². The Balaban J connectivity index is 1.21. The minimum absolute atomic E-state index is 0.125. The second-order valence-electron chi connectivity index (χ2n) is 12.6. The first kappa shape index (κ1) is 34.1. The summed E-state index contributed by atoms with van der Waals surface area (Å²) >= 11 is 6.75. The molecule has 0 aliphatic carbocycles. The Morgan fingerprint density at radius 1 is 0.979 bits per heavy atom. The van der Waals surface area contributed by atoms with Crippen molar-refractivity contribution in [2.75, 3.05) is 58.6 Å². The van der Waals surface area contributed by atoms with Crippen LogP contribution in [0.15, 0.2) is 54.9 Å². The van der Waals surface area contributed by atoms with Gasteiger partial charge in [0.05, 0.1) is 23.3 Å². The third-order valence-corrected chi connectivity index (χ3v) is 10.8. The SMILES string of the molecule is CN1CCN(CC(=O)NC(CC(=O)c2cc(Br)c(N)c(Br)c2)C(=O)N2CCC(n3c(=O)[nH]c4c5ccccc5n(C)c(=O)c43)CC2)CC1. The van der Waals surface area contributed by atoms with E-state index >= 15 is 0 Å². The number of amides is 2. The summed E-state index contributed by atoms with van der Waals surface area (Å²) in [5.74, 6) is -1.01. The number of halogens is 2. The van der Waals surface area contributed by atoms with Gasteiger partial charge in [-0.1, -0.05) is 18.2 Å². The number of H-pyrrole nitrogens is 1. The molecule has 2 saturated heterocycles. The first-order valence-corrected chi connectivity index (χ1v) is 17.5. The Bertz CT molecular complexity index is 2000. The van der Waals surface area contributed by atoms with Gasteiger partial charge in [-0.15, -0.1) is 0 Å². The third kappa shape index (κ3) is 6.73. The Labute approximate surface area is 293 Å². The smallest absolute Gasteiger partial charge is 0.326 e. The summed E-state index contributed by atoms with van der Waals surface area (Å²) in [5, 5.41) is 3.63. The van der Waals surface area contributed by atoms with Crippen molar-refractivity contribution in [3.8, 4) is 0 Å². The molecule has 0 bridgehead atoms. The number of ketones is 1. The number of nitrogens with two attached hydrogens (primary N) is 1. The Kier molecular flexibility index (Phi) is 9.93. The molecule has 2 aliphatic rings. The normalized spacial score (nSPS) is 17.2. The highest BCUT2D eigenvalue weighted by Gasteiger charge is 2.33. The van der Waals surface area contributed by atoms with Crippen LogP contribution < -0.4 is 22.3 Å². The fourth-order valence-corrected chi connectivity index (χ4v) is 7.90. The van der Waals surface area contributed by atoms with Crippen molar-refractivity contribution < 1.29 is 14.4 Å². The average Bonchev–Trinajstić information content (AvgIpc) is 3.43. The molecule has 1 unspecified atom stereocenters. The molecule has 0 radical (unpaired) electrons. The van der Waals surface area contributed by atoms with Crippen molar-refractivity contribution in [2.24, 2.45) is 7.05 Å². The maximum atomic E-state index is 14.0. The van der Waals surface area contributed by atoms with Crippen LogP contribution in [0.4, 0.5) is 5.69 Å². The van der Waals surface area contributed by atoms with Crippen LogP contribution in [0, 0.1) is 0 Å². The number of pyridine rings is 1. The molecule has 0 saturated carbocycles. The summed E-state index contributed by atoms with van der Waals surface area (Å²) in [5.41, 5.74) is 7.70. The number of Topliss-reactive ketones (excluding diaryl/α,β-unsaturated/α-hetero) is 1. The number of rotatable bonds is 8. The van der Waals surface area contributed by atoms with Crippen molar-refractivity contribution >= 4 is 77.1 Å². The average molecular weight is 787 g/mol. The molecule has 6 rings (SSSR count). The number of nitrogen functional groups attached to an aromatic ring is 1. The number of nitrogens with one attached hydrogen (secondary N) is 2. The largest absolute Gasteiger partial charge is 0.397 e. The lowest BCUT2D eigenvalue weighted by Crippen LogP contribution is -2.54. The first-order valence-electron chi connectivity index (χ1n) is 15.9. The number of carbonyl (C=O) groups is 3. The van der Waals surface area contributed by atoms with Crippen LogP contribution in [0.1, 0.15) is 35.7 Å². The van der Waals surface area contributed by atoms with Gasteiger partial charge in [0.2, 0.25) is 11.8 Å². The number of anilines is 1. The fraction of sp³-hybridized carbons (Fsp3) is 0.424. The second kappa shape index (κ2) is 14.0. The molecule has 2 amide bonds. The van der Waals surface area contributed by atoms with Crippen molar-refractivity contribution in [1.29, 1.82) is 0 Å².